The summed E-state index contributed by atoms with van der Waals surface area (Å²) in [5, 5.41) is 7.82. The molecule has 1 N–H and O–H groups in total. The molecule has 3 rings (SSSR count). The molecule has 5 nitrogen and oxygen atoms in total. The number of aryl methyl sites for hydroxylation is 2. The fourth-order valence-corrected chi connectivity index (χ4v) is 3.34. The molecule has 0 unspecified atom stereocenters. The number of nitrogens with zero attached hydrogens (tertiary/aromatic N) is 4. The third-order valence-electron chi connectivity index (χ3n) is 4.32. The van der Waals surface area contributed by atoms with E-state index in [4.69, 9.17) is 0 Å². The second-order valence-electron chi connectivity index (χ2n) is 5.59. The van der Waals surface area contributed by atoms with Gasteiger partial charge in [-0.25, -0.2) is 0 Å². The first kappa shape index (κ1) is 13.5. The first-order valence-electron chi connectivity index (χ1n) is 7.00. The van der Waals surface area contributed by atoms with E-state index >= 15 is 0 Å². The summed E-state index contributed by atoms with van der Waals surface area (Å²) < 4.78 is 3.17. The van der Waals surface area contributed by atoms with Crippen LogP contribution in [0.1, 0.15) is 11.4 Å². The average Bonchev–Trinajstić information content (AvgIpc) is 2.56. The minimum absolute atomic E-state index is 0.785. The van der Waals surface area contributed by atoms with E-state index in [0.29, 0.717) is 0 Å². The monoisotopic (exact) mass is 327 g/mol. The van der Waals surface area contributed by atoms with Crippen molar-refractivity contribution in [2.45, 2.75) is 19.5 Å². The molecular formula is C13H22BrN5. The first-order chi connectivity index (χ1) is 9.15. The minimum Gasteiger partial charge on any atom is -0.314 e. The van der Waals surface area contributed by atoms with Crippen molar-refractivity contribution in [3.63, 3.8) is 0 Å². The van der Waals surface area contributed by atoms with E-state index in [1.54, 1.807) is 0 Å². The maximum atomic E-state index is 4.47. The van der Waals surface area contributed by atoms with Crippen LogP contribution in [0.2, 0.25) is 0 Å². The van der Waals surface area contributed by atoms with Crippen LogP contribution in [0.25, 0.3) is 0 Å². The normalized spacial score (nSPS) is 22.7. The molecule has 1 aromatic heterocycles. The zero-order chi connectivity index (χ0) is 13.4. The summed E-state index contributed by atoms with van der Waals surface area (Å²) >= 11 is 3.65. The molecule has 19 heavy (non-hydrogen) atoms. The summed E-state index contributed by atoms with van der Waals surface area (Å²) in [5.74, 6) is 0. The van der Waals surface area contributed by atoms with Gasteiger partial charge in [-0.05, 0) is 22.9 Å². The Labute approximate surface area is 123 Å². The molecular weight excluding hydrogens is 306 g/mol. The third-order valence-corrected chi connectivity index (χ3v) is 5.35. The van der Waals surface area contributed by atoms with Gasteiger partial charge in [0.15, 0.2) is 0 Å². The number of piperazine rings is 1. The van der Waals surface area contributed by atoms with Crippen molar-refractivity contribution in [3.8, 4) is 0 Å². The van der Waals surface area contributed by atoms with Crippen LogP contribution >= 0.6 is 15.9 Å². The van der Waals surface area contributed by atoms with Crippen LogP contribution in [0.5, 0.6) is 0 Å². The average molecular weight is 328 g/mol. The summed E-state index contributed by atoms with van der Waals surface area (Å²) in [6.45, 7) is 10.1. The predicted molar refractivity (Wildman–Crippen MR) is 79.2 cm³/mol. The summed E-state index contributed by atoms with van der Waals surface area (Å²) in [7, 11) is 2.03. The van der Waals surface area contributed by atoms with E-state index in [1.165, 1.54) is 36.3 Å². The highest BCUT2D eigenvalue weighted by Crippen LogP contribution is 2.22. The Kier molecular flexibility index (Phi) is 3.93. The molecule has 1 aromatic rings. The third kappa shape index (κ3) is 2.72. The topological polar surface area (TPSA) is 36.3 Å². The van der Waals surface area contributed by atoms with Gasteiger partial charge < -0.3 is 5.32 Å². The summed E-state index contributed by atoms with van der Waals surface area (Å²) in [5.41, 5.74) is 2.37. The second kappa shape index (κ2) is 5.52. The van der Waals surface area contributed by atoms with Crippen LogP contribution in [0.4, 0.5) is 0 Å². The number of aromatic nitrogens is 2. The van der Waals surface area contributed by atoms with Crippen molar-refractivity contribution >= 4 is 15.9 Å². The quantitative estimate of drug-likeness (QED) is 0.881. The standard InChI is InChI=1S/C13H22BrN5/c1-10-13(14)12(17(2)16-10)9-18-3-5-19(6-4-18)11-7-15-8-11/h11,15H,3-9H2,1-2H3. The van der Waals surface area contributed by atoms with Crippen molar-refractivity contribution in [2.24, 2.45) is 7.05 Å². The van der Waals surface area contributed by atoms with Crippen molar-refractivity contribution in [1.29, 1.82) is 0 Å². The number of nitrogens with one attached hydrogen (secondary N) is 1. The highest BCUT2D eigenvalue weighted by molar-refractivity contribution is 9.10. The number of rotatable bonds is 3. The lowest BCUT2D eigenvalue weighted by atomic mass is 10.1. The Bertz CT molecular complexity index is 446. The fourth-order valence-electron chi connectivity index (χ4n) is 2.88. The van der Waals surface area contributed by atoms with Gasteiger partial charge in [-0.3, -0.25) is 14.5 Å². The molecule has 0 spiro atoms. The smallest absolute Gasteiger partial charge is 0.0739 e. The van der Waals surface area contributed by atoms with Crippen molar-refractivity contribution < 1.29 is 0 Å². The Balaban J connectivity index is 1.57. The lowest BCUT2D eigenvalue weighted by molar-refractivity contribution is 0.0684. The second-order valence-corrected chi connectivity index (χ2v) is 6.39. The van der Waals surface area contributed by atoms with Crippen LogP contribution in [0, 0.1) is 6.92 Å². The molecule has 2 aliphatic heterocycles. The molecule has 3 heterocycles. The Morgan fingerprint density at radius 3 is 2.42 bits per heavy atom. The van der Waals surface area contributed by atoms with Crippen LogP contribution in [0.3, 0.4) is 0 Å². The maximum absolute atomic E-state index is 4.47. The van der Waals surface area contributed by atoms with E-state index in [1.807, 2.05) is 11.7 Å². The molecule has 0 amide bonds. The largest absolute Gasteiger partial charge is 0.314 e. The SMILES string of the molecule is Cc1nn(C)c(CN2CCN(C3CNC3)CC2)c1Br. The van der Waals surface area contributed by atoms with E-state index in [9.17, 15) is 0 Å². The van der Waals surface area contributed by atoms with Crippen molar-refractivity contribution in [1.82, 2.24) is 24.9 Å². The summed E-state index contributed by atoms with van der Waals surface area (Å²) in [6.07, 6.45) is 0. The lowest BCUT2D eigenvalue weighted by Crippen LogP contribution is -2.61. The lowest BCUT2D eigenvalue weighted by Gasteiger charge is -2.43. The number of hydrogen-bond acceptors (Lipinski definition) is 4. The number of halogens is 1. The molecule has 2 saturated heterocycles. The highest BCUT2D eigenvalue weighted by atomic mass is 79.9. The first-order valence-corrected chi connectivity index (χ1v) is 7.79. The van der Waals surface area contributed by atoms with Crippen molar-refractivity contribution in [3.05, 3.63) is 15.9 Å². The van der Waals surface area contributed by atoms with Gasteiger partial charge in [0.25, 0.3) is 0 Å². The molecule has 0 saturated carbocycles. The summed E-state index contributed by atoms with van der Waals surface area (Å²) in [4.78, 5) is 5.15. The number of hydrogen-bond donors (Lipinski definition) is 1. The molecule has 0 atom stereocenters. The van der Waals surface area contributed by atoms with Gasteiger partial charge in [-0.2, -0.15) is 5.10 Å². The predicted octanol–water partition coefficient (Wildman–Crippen LogP) is 0.580. The molecule has 6 heteroatoms. The molecule has 0 aromatic carbocycles. The molecule has 0 aliphatic carbocycles. The Hall–Kier alpha value is -0.430. The van der Waals surface area contributed by atoms with E-state index < -0.39 is 0 Å². The molecule has 106 valence electrons. The van der Waals surface area contributed by atoms with Crippen LogP contribution in [-0.2, 0) is 13.6 Å². The molecule has 2 aliphatic rings. The Morgan fingerprint density at radius 2 is 1.95 bits per heavy atom. The molecule has 0 radical (unpaired) electrons. The maximum Gasteiger partial charge on any atom is 0.0739 e. The summed E-state index contributed by atoms with van der Waals surface area (Å²) in [6, 6.07) is 0.785. The highest BCUT2D eigenvalue weighted by Gasteiger charge is 2.28. The zero-order valence-corrected chi connectivity index (χ0v) is 13.3. The van der Waals surface area contributed by atoms with Gasteiger partial charge in [-0.15, -0.1) is 0 Å². The fraction of sp³-hybridized carbons (Fsp3) is 0.769. The van der Waals surface area contributed by atoms with Crippen molar-refractivity contribution in [2.75, 3.05) is 39.3 Å². The van der Waals surface area contributed by atoms with Crippen LogP contribution in [0.15, 0.2) is 4.47 Å². The van der Waals surface area contributed by atoms with Gasteiger partial charge in [0, 0.05) is 58.9 Å². The van der Waals surface area contributed by atoms with Gasteiger partial charge in [-0.1, -0.05) is 0 Å². The Morgan fingerprint density at radius 1 is 1.26 bits per heavy atom. The van der Waals surface area contributed by atoms with Gasteiger partial charge in [0.2, 0.25) is 0 Å². The van der Waals surface area contributed by atoms with E-state index in [-0.39, 0.29) is 0 Å². The minimum atomic E-state index is 0.785. The molecule has 2 fully saturated rings. The van der Waals surface area contributed by atoms with Gasteiger partial charge in [0.1, 0.15) is 0 Å². The zero-order valence-electron chi connectivity index (χ0n) is 11.7. The van der Waals surface area contributed by atoms with Crippen LogP contribution in [-0.4, -0.2) is 64.9 Å². The van der Waals surface area contributed by atoms with E-state index in [0.717, 1.165) is 31.4 Å². The van der Waals surface area contributed by atoms with Crippen LogP contribution < -0.4 is 5.32 Å². The molecule has 0 bridgehead atoms. The van der Waals surface area contributed by atoms with Gasteiger partial charge >= 0.3 is 0 Å². The van der Waals surface area contributed by atoms with E-state index in [2.05, 4.69) is 43.1 Å². The van der Waals surface area contributed by atoms with Gasteiger partial charge in [0.05, 0.1) is 15.9 Å².